The van der Waals surface area contributed by atoms with Gasteiger partial charge in [0.05, 0.1) is 12.2 Å². The van der Waals surface area contributed by atoms with Crippen molar-refractivity contribution in [1.29, 1.82) is 0 Å². The lowest BCUT2D eigenvalue weighted by molar-refractivity contribution is -0.139. The number of hydrogen-bond acceptors (Lipinski definition) is 6. The molecule has 1 saturated heterocycles. The molecule has 1 aliphatic rings. The fourth-order valence-corrected chi connectivity index (χ4v) is 4.00. The Labute approximate surface area is 195 Å². The third kappa shape index (κ3) is 7.14. The van der Waals surface area contributed by atoms with Crippen molar-refractivity contribution >= 4 is 11.9 Å². The topological polar surface area (TPSA) is 74.3 Å². The van der Waals surface area contributed by atoms with Crippen molar-refractivity contribution in [2.45, 2.75) is 52.1 Å². The third-order valence-electron chi connectivity index (χ3n) is 5.65. The number of ether oxygens (including phenoxy) is 4. The van der Waals surface area contributed by atoms with Gasteiger partial charge in [-0.3, -0.25) is 4.79 Å². The zero-order valence-electron chi connectivity index (χ0n) is 19.6. The van der Waals surface area contributed by atoms with E-state index in [2.05, 4.69) is 13.8 Å². The minimum atomic E-state index is -0.441. The Hall–Kier alpha value is -3.22. The number of likely N-dealkylation sites (tertiary alicyclic amines) is 1. The van der Waals surface area contributed by atoms with Crippen LogP contribution in [0.3, 0.4) is 0 Å². The smallest absolute Gasteiger partial charge is 0.338 e. The Morgan fingerprint density at radius 2 is 1.36 bits per heavy atom. The number of carbonyl (C=O) groups is 2. The maximum absolute atomic E-state index is 12.6. The number of hydrogen-bond donors (Lipinski definition) is 0. The summed E-state index contributed by atoms with van der Waals surface area (Å²) in [6.07, 6.45) is 3.20. The molecule has 7 heteroatoms. The summed E-state index contributed by atoms with van der Waals surface area (Å²) < 4.78 is 21.9. The number of rotatable bonds is 10. The van der Waals surface area contributed by atoms with Crippen LogP contribution >= 0.6 is 0 Å². The average Bonchev–Trinajstić information content (AvgIpc) is 2.82. The second kappa shape index (κ2) is 12.1. The molecule has 3 rings (SSSR count). The second-order valence-electron chi connectivity index (χ2n) is 8.13. The van der Waals surface area contributed by atoms with Crippen LogP contribution in [0.1, 0.15) is 50.4 Å². The second-order valence-corrected chi connectivity index (χ2v) is 8.13. The molecule has 0 aromatic heterocycles. The van der Waals surface area contributed by atoms with Crippen LogP contribution in [0.2, 0.25) is 0 Å². The fraction of sp³-hybridized carbons (Fsp3) is 0.462. The maximum atomic E-state index is 12.6. The van der Waals surface area contributed by atoms with Crippen LogP contribution in [0.25, 0.3) is 0 Å². The molecular weight excluding hydrogens is 422 g/mol. The zero-order valence-corrected chi connectivity index (χ0v) is 19.6. The van der Waals surface area contributed by atoms with Crippen molar-refractivity contribution in [2.75, 3.05) is 26.4 Å². The predicted octanol–water partition coefficient (Wildman–Crippen LogP) is 4.49. The monoisotopic (exact) mass is 455 g/mol. The number of benzene rings is 2. The van der Waals surface area contributed by atoms with Crippen molar-refractivity contribution in [1.82, 2.24) is 4.90 Å². The number of carbonyl (C=O) groups excluding carboxylic acids is 2. The van der Waals surface area contributed by atoms with E-state index in [9.17, 15) is 9.59 Å². The molecule has 0 radical (unpaired) electrons. The van der Waals surface area contributed by atoms with Crippen LogP contribution in [0.5, 0.6) is 17.2 Å². The summed E-state index contributed by atoms with van der Waals surface area (Å²) in [5, 5.41) is 0. The van der Waals surface area contributed by atoms with E-state index < -0.39 is 5.97 Å². The zero-order chi connectivity index (χ0) is 23.6. The molecule has 2 aromatic carbocycles. The first kappa shape index (κ1) is 24.4. The molecule has 0 N–H and O–H groups in total. The fourth-order valence-electron chi connectivity index (χ4n) is 4.00. The van der Waals surface area contributed by atoms with E-state index in [0.29, 0.717) is 23.7 Å². The number of amides is 1. The Balaban J connectivity index is 1.39. The molecule has 33 heavy (non-hydrogen) atoms. The van der Waals surface area contributed by atoms with Crippen molar-refractivity contribution in [3.05, 3.63) is 54.1 Å². The Morgan fingerprint density at radius 3 is 1.97 bits per heavy atom. The highest BCUT2D eigenvalue weighted by atomic mass is 16.6. The van der Waals surface area contributed by atoms with E-state index in [1.807, 2.05) is 36.1 Å². The van der Waals surface area contributed by atoms with Gasteiger partial charge in [-0.05, 0) is 88.6 Å². The average molecular weight is 456 g/mol. The van der Waals surface area contributed by atoms with Crippen molar-refractivity contribution in [2.24, 2.45) is 0 Å². The molecule has 178 valence electrons. The summed E-state index contributed by atoms with van der Waals surface area (Å²) in [6.45, 7) is 7.06. The Morgan fingerprint density at radius 1 is 0.818 bits per heavy atom. The first-order chi connectivity index (χ1) is 16.0. The summed E-state index contributed by atoms with van der Waals surface area (Å²) in [7, 11) is 0. The van der Waals surface area contributed by atoms with Gasteiger partial charge in [-0.15, -0.1) is 0 Å². The molecular formula is C26H33NO6. The molecule has 0 aliphatic carbocycles. The van der Waals surface area contributed by atoms with Crippen LogP contribution in [0.15, 0.2) is 48.5 Å². The lowest BCUT2D eigenvalue weighted by Crippen LogP contribution is -2.49. The van der Waals surface area contributed by atoms with E-state index in [4.69, 9.17) is 18.9 Å². The number of piperidine rings is 1. The minimum Gasteiger partial charge on any atom is -0.494 e. The van der Waals surface area contributed by atoms with Gasteiger partial charge in [0, 0.05) is 12.1 Å². The maximum Gasteiger partial charge on any atom is 0.338 e. The highest BCUT2D eigenvalue weighted by molar-refractivity contribution is 5.89. The van der Waals surface area contributed by atoms with Gasteiger partial charge in [-0.25, -0.2) is 4.79 Å². The van der Waals surface area contributed by atoms with Gasteiger partial charge in [0.25, 0.3) is 5.91 Å². The van der Waals surface area contributed by atoms with E-state index in [0.717, 1.165) is 25.0 Å². The standard InChI is InChI=1S/C26H33NO6/c1-4-30-22-12-14-23(15-13-22)31-16-17-32-26(29)21-8-10-24(11-9-21)33-18-25(28)27-19(2)6-5-7-20(27)3/h8-15,19-20H,4-7,16-18H2,1-3H3. The first-order valence-electron chi connectivity index (χ1n) is 11.5. The van der Waals surface area contributed by atoms with Gasteiger partial charge in [0.15, 0.2) is 6.61 Å². The van der Waals surface area contributed by atoms with Gasteiger partial charge in [-0.1, -0.05) is 0 Å². The molecule has 0 saturated carbocycles. The van der Waals surface area contributed by atoms with E-state index >= 15 is 0 Å². The molecule has 2 atom stereocenters. The third-order valence-corrected chi connectivity index (χ3v) is 5.65. The van der Waals surface area contributed by atoms with Gasteiger partial charge in [0.2, 0.25) is 0 Å². The van der Waals surface area contributed by atoms with Gasteiger partial charge in [0.1, 0.15) is 30.5 Å². The predicted molar refractivity (Wildman–Crippen MR) is 125 cm³/mol. The molecule has 1 fully saturated rings. The molecule has 1 amide bonds. The molecule has 7 nitrogen and oxygen atoms in total. The Bertz CT molecular complexity index is 886. The summed E-state index contributed by atoms with van der Waals surface area (Å²) in [5.74, 6) is 1.55. The van der Waals surface area contributed by atoms with E-state index in [-0.39, 0.29) is 37.8 Å². The highest BCUT2D eigenvalue weighted by Crippen LogP contribution is 2.23. The molecule has 0 spiro atoms. The van der Waals surface area contributed by atoms with E-state index in [1.165, 1.54) is 0 Å². The van der Waals surface area contributed by atoms with Crippen LogP contribution in [-0.2, 0) is 9.53 Å². The summed E-state index contributed by atoms with van der Waals surface area (Å²) in [4.78, 5) is 26.7. The lowest BCUT2D eigenvalue weighted by Gasteiger charge is -2.38. The van der Waals surface area contributed by atoms with Crippen LogP contribution in [0.4, 0.5) is 0 Å². The SMILES string of the molecule is CCOc1ccc(OCCOC(=O)c2ccc(OCC(=O)N3C(C)CCCC3C)cc2)cc1. The highest BCUT2D eigenvalue weighted by Gasteiger charge is 2.28. The Kier molecular flexibility index (Phi) is 8.98. The van der Waals surface area contributed by atoms with Crippen LogP contribution in [0, 0.1) is 0 Å². The van der Waals surface area contributed by atoms with E-state index in [1.54, 1.807) is 24.3 Å². The van der Waals surface area contributed by atoms with Gasteiger partial charge in [-0.2, -0.15) is 0 Å². The van der Waals surface area contributed by atoms with Crippen molar-refractivity contribution < 1.29 is 28.5 Å². The van der Waals surface area contributed by atoms with Crippen LogP contribution in [-0.4, -0.2) is 55.3 Å². The summed E-state index contributed by atoms with van der Waals surface area (Å²) >= 11 is 0. The summed E-state index contributed by atoms with van der Waals surface area (Å²) in [5.41, 5.74) is 0.410. The number of nitrogens with zero attached hydrogens (tertiary/aromatic N) is 1. The minimum absolute atomic E-state index is 0.00860. The molecule has 0 bridgehead atoms. The molecule has 2 unspecified atom stereocenters. The summed E-state index contributed by atoms with van der Waals surface area (Å²) in [6, 6.07) is 14.3. The molecule has 1 aliphatic heterocycles. The molecule has 1 heterocycles. The van der Waals surface area contributed by atoms with Crippen molar-refractivity contribution in [3.8, 4) is 17.2 Å². The van der Waals surface area contributed by atoms with Gasteiger partial charge >= 0.3 is 5.97 Å². The van der Waals surface area contributed by atoms with Crippen molar-refractivity contribution in [3.63, 3.8) is 0 Å². The molecule has 2 aromatic rings. The van der Waals surface area contributed by atoms with Crippen LogP contribution < -0.4 is 14.2 Å². The lowest BCUT2D eigenvalue weighted by atomic mass is 9.97. The normalized spacial score (nSPS) is 17.8. The quantitative estimate of drug-likeness (QED) is 0.388. The number of esters is 1. The van der Waals surface area contributed by atoms with Gasteiger partial charge < -0.3 is 23.8 Å². The first-order valence-corrected chi connectivity index (χ1v) is 11.5. The largest absolute Gasteiger partial charge is 0.494 e.